The Morgan fingerprint density at radius 3 is 2.12 bits per heavy atom. The first-order valence-corrected chi connectivity index (χ1v) is 13.4. The number of nitrogens with zero attached hydrogens (tertiary/aromatic N) is 2. The van der Waals surface area contributed by atoms with Crippen molar-refractivity contribution in [2.75, 3.05) is 42.7 Å². The van der Waals surface area contributed by atoms with Crippen LogP contribution in [0.2, 0.25) is 0 Å². The third-order valence-corrected chi connectivity index (χ3v) is 6.92. The number of likely N-dealkylation sites (N-methyl/N-ethyl adjacent to an activating group) is 1. The molecular formula is C30H33F2N5O5. The number of halogens is 2. The van der Waals surface area contributed by atoms with Gasteiger partial charge in [0.2, 0.25) is 0 Å². The Bertz CT molecular complexity index is 1420. The summed E-state index contributed by atoms with van der Waals surface area (Å²) in [6.45, 7) is 3.74. The molecule has 0 saturated heterocycles. The van der Waals surface area contributed by atoms with Gasteiger partial charge in [0, 0.05) is 36.6 Å². The van der Waals surface area contributed by atoms with E-state index in [0.717, 1.165) is 0 Å². The number of hydrogen-bond acceptors (Lipinski definition) is 5. The highest BCUT2D eigenvalue weighted by Gasteiger charge is 2.34. The molecule has 0 unspecified atom stereocenters. The number of anilines is 3. The fourth-order valence-corrected chi connectivity index (χ4v) is 4.45. The van der Waals surface area contributed by atoms with Gasteiger partial charge in [-0.25, -0.2) is 18.4 Å². The zero-order valence-electron chi connectivity index (χ0n) is 23.4. The molecule has 0 saturated carbocycles. The minimum atomic E-state index is -0.596. The highest BCUT2D eigenvalue weighted by Crippen LogP contribution is 2.31. The third kappa shape index (κ3) is 7.52. The number of urea groups is 2. The van der Waals surface area contributed by atoms with E-state index in [0.29, 0.717) is 17.1 Å². The van der Waals surface area contributed by atoms with Crippen molar-refractivity contribution < 1.29 is 33.0 Å². The van der Waals surface area contributed by atoms with E-state index < -0.39 is 35.8 Å². The van der Waals surface area contributed by atoms with Crippen molar-refractivity contribution in [3.63, 3.8) is 0 Å². The molecule has 3 aromatic carbocycles. The summed E-state index contributed by atoms with van der Waals surface area (Å²) < 4.78 is 32.7. The lowest BCUT2D eigenvalue weighted by atomic mass is 9.99. The molecular weight excluding hydrogens is 548 g/mol. The number of nitrogens with one attached hydrogen (secondary N) is 3. The summed E-state index contributed by atoms with van der Waals surface area (Å²) in [5.41, 5.74) is 1.29. The number of rotatable bonds is 7. The molecule has 10 nitrogen and oxygen atoms in total. The van der Waals surface area contributed by atoms with E-state index in [2.05, 4.69) is 16.0 Å². The van der Waals surface area contributed by atoms with Crippen LogP contribution in [0.5, 0.6) is 5.75 Å². The number of carbonyl (C=O) groups is 3. The molecule has 12 heteroatoms. The molecule has 1 heterocycles. The first-order chi connectivity index (χ1) is 20.0. The Kier molecular flexibility index (Phi) is 9.58. The number of ether oxygens (including phenoxy) is 1. The molecule has 1 aliphatic rings. The first-order valence-electron chi connectivity index (χ1n) is 13.4. The molecule has 3 atom stereocenters. The SMILES string of the molecule is C[C@@H]1CN([C@H](C)CO)C(=O)c2cc(NC(=O)Nc3ccc(F)cc3)ccc2O[C@@H]1CN(C)C(=O)Nc1ccc(F)cc1. The normalized spacial score (nSPS) is 17.2. The average molecular weight is 582 g/mol. The average Bonchev–Trinajstić information content (AvgIpc) is 2.97. The highest BCUT2D eigenvalue weighted by molar-refractivity contribution is 6.02. The summed E-state index contributed by atoms with van der Waals surface area (Å²) in [6.07, 6.45) is -0.546. The molecule has 4 rings (SSSR count). The topological polar surface area (TPSA) is 123 Å². The minimum Gasteiger partial charge on any atom is -0.487 e. The van der Waals surface area contributed by atoms with E-state index in [1.54, 1.807) is 31.0 Å². The molecule has 0 radical (unpaired) electrons. The van der Waals surface area contributed by atoms with E-state index in [4.69, 9.17) is 4.74 Å². The lowest BCUT2D eigenvalue weighted by Gasteiger charge is -2.38. The molecule has 3 aromatic rings. The fourth-order valence-electron chi connectivity index (χ4n) is 4.45. The van der Waals surface area contributed by atoms with Crippen LogP contribution >= 0.6 is 0 Å². The molecule has 42 heavy (non-hydrogen) atoms. The van der Waals surface area contributed by atoms with Gasteiger partial charge in [-0.1, -0.05) is 6.92 Å². The summed E-state index contributed by atoms with van der Waals surface area (Å²) in [5, 5.41) is 17.8. The van der Waals surface area contributed by atoms with Crippen LogP contribution in [0.3, 0.4) is 0 Å². The second-order valence-corrected chi connectivity index (χ2v) is 10.2. The summed E-state index contributed by atoms with van der Waals surface area (Å²) in [5.74, 6) is -1.23. The van der Waals surface area contributed by atoms with Gasteiger partial charge in [-0.2, -0.15) is 0 Å². The molecule has 4 N–H and O–H groups in total. The van der Waals surface area contributed by atoms with Crippen molar-refractivity contribution in [3.8, 4) is 5.75 Å². The van der Waals surface area contributed by atoms with Gasteiger partial charge < -0.3 is 35.6 Å². The van der Waals surface area contributed by atoms with Crippen LogP contribution in [-0.4, -0.2) is 71.8 Å². The maximum absolute atomic E-state index is 13.6. The summed E-state index contributed by atoms with van der Waals surface area (Å²) >= 11 is 0. The van der Waals surface area contributed by atoms with Crippen LogP contribution in [0.25, 0.3) is 0 Å². The minimum absolute atomic E-state index is 0.156. The highest BCUT2D eigenvalue weighted by atomic mass is 19.1. The number of aliphatic hydroxyl groups excluding tert-OH is 1. The van der Waals surface area contributed by atoms with Crippen LogP contribution in [0.15, 0.2) is 66.7 Å². The van der Waals surface area contributed by atoms with Crippen molar-refractivity contribution in [2.45, 2.75) is 26.0 Å². The van der Waals surface area contributed by atoms with Gasteiger partial charge in [-0.15, -0.1) is 0 Å². The van der Waals surface area contributed by atoms with Gasteiger partial charge >= 0.3 is 12.1 Å². The number of hydrogen-bond donors (Lipinski definition) is 4. The van der Waals surface area contributed by atoms with Crippen molar-refractivity contribution in [1.29, 1.82) is 0 Å². The van der Waals surface area contributed by atoms with Crippen LogP contribution in [0, 0.1) is 17.6 Å². The smallest absolute Gasteiger partial charge is 0.323 e. The van der Waals surface area contributed by atoms with E-state index >= 15 is 0 Å². The Morgan fingerprint density at radius 1 is 0.976 bits per heavy atom. The van der Waals surface area contributed by atoms with E-state index in [9.17, 15) is 28.3 Å². The van der Waals surface area contributed by atoms with Crippen molar-refractivity contribution in [3.05, 3.63) is 83.9 Å². The van der Waals surface area contributed by atoms with E-state index in [1.807, 2.05) is 6.92 Å². The number of aliphatic hydroxyl groups is 1. The Hall–Kier alpha value is -4.71. The van der Waals surface area contributed by atoms with Crippen LogP contribution in [0.1, 0.15) is 24.2 Å². The zero-order valence-corrected chi connectivity index (χ0v) is 23.4. The number of carbonyl (C=O) groups excluding carboxylic acids is 3. The Labute approximate surface area is 242 Å². The molecule has 0 aromatic heterocycles. The third-order valence-electron chi connectivity index (χ3n) is 6.92. The predicted molar refractivity (Wildman–Crippen MR) is 155 cm³/mol. The molecule has 222 valence electrons. The van der Waals surface area contributed by atoms with Gasteiger partial charge in [0.25, 0.3) is 5.91 Å². The standard InChI is InChI=1S/C30H33F2N5O5/c1-18-15-37(19(2)17-38)28(39)25-14-24(34-29(40)33-22-8-4-20(31)5-9-22)12-13-26(25)42-27(18)16-36(3)30(41)35-23-10-6-21(32)7-11-23/h4-14,18-19,27,38H,15-17H2,1-3H3,(H,35,41)(H2,33,34,40)/t18-,19-,27-/m1/s1. The maximum atomic E-state index is 13.6. The summed E-state index contributed by atoms with van der Waals surface area (Å²) in [7, 11) is 1.60. The second kappa shape index (κ2) is 13.3. The van der Waals surface area contributed by atoms with Gasteiger partial charge in [-0.3, -0.25) is 4.79 Å². The maximum Gasteiger partial charge on any atom is 0.323 e. The van der Waals surface area contributed by atoms with Crippen molar-refractivity contribution in [2.24, 2.45) is 5.92 Å². The van der Waals surface area contributed by atoms with Crippen molar-refractivity contribution >= 4 is 35.0 Å². The van der Waals surface area contributed by atoms with Crippen LogP contribution < -0.4 is 20.7 Å². The molecule has 1 aliphatic heterocycles. The van der Waals surface area contributed by atoms with Crippen molar-refractivity contribution in [1.82, 2.24) is 9.80 Å². The summed E-state index contributed by atoms with van der Waals surface area (Å²) in [6, 6.07) is 13.8. The molecule has 0 aliphatic carbocycles. The lowest BCUT2D eigenvalue weighted by molar-refractivity contribution is 0.0371. The predicted octanol–water partition coefficient (Wildman–Crippen LogP) is 4.99. The molecule has 0 spiro atoms. The number of benzene rings is 3. The second-order valence-electron chi connectivity index (χ2n) is 10.2. The van der Waals surface area contributed by atoms with Crippen LogP contribution in [0.4, 0.5) is 35.4 Å². The van der Waals surface area contributed by atoms with E-state index in [-0.39, 0.29) is 42.8 Å². The quantitative estimate of drug-likeness (QED) is 0.313. The number of fused-ring (bicyclic) bond motifs is 1. The zero-order chi connectivity index (χ0) is 30.4. The fraction of sp³-hybridized carbons (Fsp3) is 0.300. The van der Waals surface area contributed by atoms with Gasteiger partial charge in [0.1, 0.15) is 23.5 Å². The van der Waals surface area contributed by atoms with Gasteiger partial charge in [0.05, 0.1) is 24.8 Å². The molecule has 0 bridgehead atoms. The molecule has 0 fully saturated rings. The molecule has 5 amide bonds. The largest absolute Gasteiger partial charge is 0.487 e. The van der Waals surface area contributed by atoms with Gasteiger partial charge in [0.15, 0.2) is 0 Å². The van der Waals surface area contributed by atoms with Crippen LogP contribution in [-0.2, 0) is 0 Å². The van der Waals surface area contributed by atoms with Gasteiger partial charge in [-0.05, 0) is 73.7 Å². The summed E-state index contributed by atoms with van der Waals surface area (Å²) in [4.78, 5) is 42.0. The Balaban J connectivity index is 1.54. The number of amides is 5. The lowest BCUT2D eigenvalue weighted by Crippen LogP contribution is -2.50. The van der Waals surface area contributed by atoms with E-state index in [1.165, 1.54) is 59.5 Å². The first kappa shape index (κ1) is 30.3. The Morgan fingerprint density at radius 2 is 1.52 bits per heavy atom. The monoisotopic (exact) mass is 581 g/mol.